The number of aliphatic hydroxyl groups excluding tert-OH is 1. The van der Waals surface area contributed by atoms with E-state index in [2.05, 4.69) is 0 Å². The average Bonchev–Trinajstić information content (AvgIpc) is 2.56. The fourth-order valence-electron chi connectivity index (χ4n) is 2.99. The second-order valence-electron chi connectivity index (χ2n) is 5.41. The van der Waals surface area contributed by atoms with Crippen LogP contribution in [-0.4, -0.2) is 41.9 Å². The van der Waals surface area contributed by atoms with Crippen LogP contribution in [0.2, 0.25) is 0 Å². The number of rotatable bonds is 4. The lowest BCUT2D eigenvalue weighted by atomic mass is 10.1. The molecule has 6 nitrogen and oxygen atoms in total. The van der Waals surface area contributed by atoms with Gasteiger partial charge in [-0.15, -0.1) is 0 Å². The Bertz CT molecular complexity index is 879. The molecule has 1 aromatic carbocycles. The summed E-state index contributed by atoms with van der Waals surface area (Å²) in [6.45, 7) is 2.27. The van der Waals surface area contributed by atoms with E-state index in [1.54, 1.807) is 11.5 Å². The Morgan fingerprint density at radius 1 is 1.38 bits per heavy atom. The van der Waals surface area contributed by atoms with Gasteiger partial charge in [0.2, 0.25) is 5.43 Å². The van der Waals surface area contributed by atoms with Gasteiger partial charge in [-0.2, -0.15) is 0 Å². The van der Waals surface area contributed by atoms with E-state index in [0.717, 1.165) is 6.07 Å². The first-order chi connectivity index (χ1) is 11.5. The van der Waals surface area contributed by atoms with Crippen LogP contribution in [0.5, 0.6) is 0 Å². The highest BCUT2D eigenvalue weighted by Gasteiger charge is 2.28. The number of halogens is 2. The van der Waals surface area contributed by atoms with Gasteiger partial charge in [-0.3, -0.25) is 4.79 Å². The summed E-state index contributed by atoms with van der Waals surface area (Å²) in [4.78, 5) is 26.0. The molecule has 2 heterocycles. The number of hydrogen-bond donors (Lipinski definition) is 1. The first-order valence-corrected chi connectivity index (χ1v) is 7.57. The van der Waals surface area contributed by atoms with Crippen molar-refractivity contribution < 1.29 is 23.4 Å². The van der Waals surface area contributed by atoms with Gasteiger partial charge < -0.3 is 19.3 Å². The van der Waals surface area contributed by atoms with Crippen LogP contribution >= 0.6 is 0 Å². The average molecular weight is 338 g/mol. The van der Waals surface area contributed by atoms with Crippen LogP contribution in [0.15, 0.2) is 17.1 Å². The van der Waals surface area contributed by atoms with E-state index in [1.807, 2.05) is 0 Å². The highest BCUT2D eigenvalue weighted by Crippen LogP contribution is 2.33. The maximum atomic E-state index is 14.3. The summed E-state index contributed by atoms with van der Waals surface area (Å²) in [5.74, 6) is -3.04. The molecule has 0 radical (unpaired) electrons. The molecule has 1 N–H and O–H groups in total. The lowest BCUT2D eigenvalue weighted by Crippen LogP contribution is -2.36. The molecule has 8 heteroatoms. The van der Waals surface area contributed by atoms with Crippen LogP contribution in [0, 0.1) is 11.6 Å². The molecule has 2 aromatic rings. The van der Waals surface area contributed by atoms with Crippen molar-refractivity contribution in [3.8, 4) is 0 Å². The number of carbonyl (C=O) groups is 1. The van der Waals surface area contributed by atoms with E-state index in [-0.39, 0.29) is 41.9 Å². The van der Waals surface area contributed by atoms with Gasteiger partial charge in [-0.05, 0) is 13.0 Å². The Balaban J connectivity index is 2.34. The second kappa shape index (κ2) is 6.20. The van der Waals surface area contributed by atoms with Crippen molar-refractivity contribution in [2.75, 3.05) is 31.2 Å². The molecular formula is C16H16F2N2O4. The molecule has 0 unspecified atom stereocenters. The van der Waals surface area contributed by atoms with Crippen molar-refractivity contribution >= 4 is 22.6 Å². The monoisotopic (exact) mass is 338 g/mol. The van der Waals surface area contributed by atoms with Crippen LogP contribution in [0.3, 0.4) is 0 Å². The summed E-state index contributed by atoms with van der Waals surface area (Å²) < 4.78 is 34.7. The zero-order valence-electron chi connectivity index (χ0n) is 13.0. The normalized spacial score (nSPS) is 13.4. The number of aromatic nitrogens is 1. The molecular weight excluding hydrogens is 322 g/mol. The molecule has 0 spiro atoms. The summed E-state index contributed by atoms with van der Waals surface area (Å²) in [7, 11) is 0. The molecule has 128 valence electrons. The number of benzene rings is 1. The standard InChI is InChI=1S/C16H16F2N2O4/c1-2-24-16(23)10-8-20-4-3-19(5-6-21)14-12(18)11(17)7-9(13(14)20)15(10)22/h7-8,21H,2-6H2,1H3. The zero-order chi connectivity index (χ0) is 17.4. The molecule has 0 saturated carbocycles. The van der Waals surface area contributed by atoms with Gasteiger partial charge in [0.15, 0.2) is 11.6 Å². The minimum absolute atomic E-state index is 0.0715. The van der Waals surface area contributed by atoms with Crippen LogP contribution in [-0.2, 0) is 11.3 Å². The van der Waals surface area contributed by atoms with Crippen molar-refractivity contribution in [3.63, 3.8) is 0 Å². The second-order valence-corrected chi connectivity index (χ2v) is 5.41. The Kier molecular flexibility index (Phi) is 4.23. The molecule has 0 fully saturated rings. The molecule has 0 bridgehead atoms. The number of nitrogens with zero attached hydrogens (tertiary/aromatic N) is 2. The molecule has 0 atom stereocenters. The maximum absolute atomic E-state index is 14.3. The summed E-state index contributed by atoms with van der Waals surface area (Å²) in [6, 6.07) is 0.804. The van der Waals surface area contributed by atoms with E-state index in [1.165, 1.54) is 11.1 Å². The molecule has 24 heavy (non-hydrogen) atoms. The predicted molar refractivity (Wildman–Crippen MR) is 83.4 cm³/mol. The van der Waals surface area contributed by atoms with E-state index in [0.29, 0.717) is 13.1 Å². The van der Waals surface area contributed by atoms with Crippen molar-refractivity contribution in [2.45, 2.75) is 13.5 Å². The van der Waals surface area contributed by atoms with Gasteiger partial charge in [0, 0.05) is 25.8 Å². The molecule has 1 aliphatic heterocycles. The number of β-amino-alcohol motifs (C(OH)–C–C–N with tert-alkyl or cyclic N) is 1. The molecule has 0 amide bonds. The summed E-state index contributed by atoms with van der Waals surface area (Å²) in [6.07, 6.45) is 1.32. The van der Waals surface area contributed by atoms with Crippen LogP contribution in [0.4, 0.5) is 14.5 Å². The van der Waals surface area contributed by atoms with Crippen molar-refractivity contribution in [2.24, 2.45) is 0 Å². The van der Waals surface area contributed by atoms with E-state index >= 15 is 0 Å². The molecule has 3 rings (SSSR count). The number of carbonyl (C=O) groups excluding carboxylic acids is 1. The largest absolute Gasteiger partial charge is 0.462 e. The van der Waals surface area contributed by atoms with Crippen molar-refractivity contribution in [1.29, 1.82) is 0 Å². The third-order valence-electron chi connectivity index (χ3n) is 4.02. The Labute approximate surface area is 135 Å². The summed E-state index contributed by atoms with van der Waals surface area (Å²) in [5, 5.41) is 9.04. The first-order valence-electron chi connectivity index (χ1n) is 7.57. The SMILES string of the molecule is CCOC(=O)c1cn2c3c(c(F)c(F)cc3c1=O)N(CCO)CC2. The number of ether oxygens (including phenoxy) is 1. The van der Waals surface area contributed by atoms with Crippen molar-refractivity contribution in [1.82, 2.24) is 4.57 Å². The van der Waals surface area contributed by atoms with Gasteiger partial charge >= 0.3 is 5.97 Å². The topological polar surface area (TPSA) is 71.8 Å². The van der Waals surface area contributed by atoms with Gasteiger partial charge in [-0.1, -0.05) is 0 Å². The lowest BCUT2D eigenvalue weighted by molar-refractivity contribution is 0.0524. The van der Waals surface area contributed by atoms with E-state index in [9.17, 15) is 18.4 Å². The minimum atomic E-state index is -1.17. The van der Waals surface area contributed by atoms with E-state index < -0.39 is 23.0 Å². The Hall–Kier alpha value is -2.48. The van der Waals surface area contributed by atoms with Gasteiger partial charge in [-0.25, -0.2) is 13.6 Å². The Morgan fingerprint density at radius 2 is 2.12 bits per heavy atom. The summed E-state index contributed by atoms with van der Waals surface area (Å²) in [5.41, 5.74) is -0.771. The third-order valence-corrected chi connectivity index (χ3v) is 4.02. The maximum Gasteiger partial charge on any atom is 0.343 e. The lowest BCUT2D eigenvalue weighted by Gasteiger charge is -2.32. The first kappa shape index (κ1) is 16.4. The number of aliphatic hydroxyl groups is 1. The Morgan fingerprint density at radius 3 is 2.79 bits per heavy atom. The molecule has 1 aromatic heterocycles. The smallest absolute Gasteiger partial charge is 0.343 e. The third kappa shape index (κ3) is 2.43. The highest BCUT2D eigenvalue weighted by molar-refractivity contribution is 5.98. The number of hydrogen-bond acceptors (Lipinski definition) is 5. The van der Waals surface area contributed by atoms with Crippen LogP contribution < -0.4 is 10.3 Å². The van der Waals surface area contributed by atoms with Crippen molar-refractivity contribution in [3.05, 3.63) is 39.7 Å². The highest BCUT2D eigenvalue weighted by atomic mass is 19.2. The predicted octanol–water partition coefficient (Wildman–Crippen LogP) is 1.27. The summed E-state index contributed by atoms with van der Waals surface area (Å²) >= 11 is 0. The fourth-order valence-corrected chi connectivity index (χ4v) is 2.99. The van der Waals surface area contributed by atoms with Crippen LogP contribution in [0.1, 0.15) is 17.3 Å². The van der Waals surface area contributed by atoms with Gasteiger partial charge in [0.1, 0.15) is 11.3 Å². The molecule has 0 saturated heterocycles. The number of esters is 1. The van der Waals surface area contributed by atoms with Gasteiger partial charge in [0.05, 0.1) is 24.1 Å². The number of pyridine rings is 1. The quantitative estimate of drug-likeness (QED) is 0.850. The van der Waals surface area contributed by atoms with E-state index in [4.69, 9.17) is 9.84 Å². The zero-order valence-corrected chi connectivity index (χ0v) is 13.0. The fraction of sp³-hybridized carbons (Fsp3) is 0.375. The molecule has 0 aliphatic carbocycles. The van der Waals surface area contributed by atoms with Crippen LogP contribution in [0.25, 0.3) is 10.9 Å². The molecule has 1 aliphatic rings. The minimum Gasteiger partial charge on any atom is -0.462 e. The number of anilines is 1. The van der Waals surface area contributed by atoms with Gasteiger partial charge in [0.25, 0.3) is 0 Å².